The Morgan fingerprint density at radius 2 is 2.00 bits per heavy atom. The summed E-state index contributed by atoms with van der Waals surface area (Å²) in [4.78, 5) is 14.1. The minimum atomic E-state index is -0.0629. The van der Waals surface area contributed by atoms with Crippen molar-refractivity contribution < 1.29 is 4.79 Å². The lowest BCUT2D eigenvalue weighted by Gasteiger charge is -2.26. The van der Waals surface area contributed by atoms with Gasteiger partial charge in [0.25, 0.3) is 0 Å². The molecule has 132 valence electrons. The molecule has 1 aromatic carbocycles. The molecule has 3 rings (SSSR count). The van der Waals surface area contributed by atoms with Crippen molar-refractivity contribution in [3.63, 3.8) is 0 Å². The van der Waals surface area contributed by atoms with Crippen LogP contribution in [-0.4, -0.2) is 22.2 Å². The first-order valence-electron chi connectivity index (χ1n) is 8.96. The first-order valence-corrected chi connectivity index (χ1v) is 8.96. The highest BCUT2D eigenvalue weighted by molar-refractivity contribution is 6.01. The Morgan fingerprint density at radius 1 is 1.32 bits per heavy atom. The number of anilines is 1. The first-order chi connectivity index (χ1) is 11.9. The van der Waals surface area contributed by atoms with Gasteiger partial charge < -0.3 is 4.90 Å². The molecule has 1 aromatic heterocycles. The quantitative estimate of drug-likeness (QED) is 0.716. The molecule has 1 fully saturated rings. The SMILES string of the molecule is C=CC(=O)N(CCC(C)(C)C)c1ccc(-n2cc(C3CC3)cn2)cc1. The van der Waals surface area contributed by atoms with E-state index >= 15 is 0 Å². The summed E-state index contributed by atoms with van der Waals surface area (Å²) in [7, 11) is 0. The zero-order valence-electron chi connectivity index (χ0n) is 15.4. The summed E-state index contributed by atoms with van der Waals surface area (Å²) in [5.74, 6) is 0.637. The van der Waals surface area contributed by atoms with Crippen LogP contribution >= 0.6 is 0 Å². The molecule has 0 atom stereocenters. The van der Waals surface area contributed by atoms with Gasteiger partial charge in [0.15, 0.2) is 0 Å². The molecule has 1 amide bonds. The van der Waals surface area contributed by atoms with Crippen molar-refractivity contribution in [1.29, 1.82) is 0 Å². The molecule has 25 heavy (non-hydrogen) atoms. The average molecular weight is 337 g/mol. The number of rotatable bonds is 6. The Bertz CT molecular complexity index is 748. The van der Waals surface area contributed by atoms with Gasteiger partial charge in [-0.05, 0) is 66.5 Å². The summed E-state index contributed by atoms with van der Waals surface area (Å²) < 4.78 is 1.91. The fourth-order valence-corrected chi connectivity index (χ4v) is 2.81. The summed E-state index contributed by atoms with van der Waals surface area (Å²) in [5, 5.41) is 4.46. The summed E-state index contributed by atoms with van der Waals surface area (Å²) in [5.41, 5.74) is 3.40. The lowest BCUT2D eigenvalue weighted by molar-refractivity contribution is -0.114. The van der Waals surface area contributed by atoms with E-state index in [1.807, 2.05) is 35.1 Å². The average Bonchev–Trinajstić information content (AvgIpc) is 3.31. The lowest BCUT2D eigenvalue weighted by Crippen LogP contribution is -2.32. The number of benzene rings is 1. The third-order valence-electron chi connectivity index (χ3n) is 4.60. The van der Waals surface area contributed by atoms with Gasteiger partial charge in [-0.3, -0.25) is 4.79 Å². The van der Waals surface area contributed by atoms with Crippen molar-refractivity contribution in [3.05, 3.63) is 54.9 Å². The summed E-state index contributed by atoms with van der Waals surface area (Å²) in [6.45, 7) is 10.9. The molecule has 1 saturated carbocycles. The van der Waals surface area contributed by atoms with E-state index in [1.165, 1.54) is 24.5 Å². The van der Waals surface area contributed by atoms with E-state index in [0.717, 1.165) is 17.8 Å². The molecule has 2 aromatic rings. The van der Waals surface area contributed by atoms with E-state index in [0.29, 0.717) is 12.5 Å². The van der Waals surface area contributed by atoms with Gasteiger partial charge in [0.1, 0.15) is 0 Å². The predicted octanol–water partition coefficient (Wildman–Crippen LogP) is 4.70. The molecule has 0 radical (unpaired) electrons. The molecule has 4 nitrogen and oxygen atoms in total. The number of amides is 1. The van der Waals surface area contributed by atoms with Crippen LogP contribution in [0.4, 0.5) is 5.69 Å². The van der Waals surface area contributed by atoms with E-state index in [-0.39, 0.29) is 11.3 Å². The van der Waals surface area contributed by atoms with Crippen LogP contribution in [-0.2, 0) is 4.79 Å². The van der Waals surface area contributed by atoms with Gasteiger partial charge in [-0.2, -0.15) is 5.10 Å². The Morgan fingerprint density at radius 3 is 2.56 bits per heavy atom. The lowest BCUT2D eigenvalue weighted by atomic mass is 9.92. The summed E-state index contributed by atoms with van der Waals surface area (Å²) in [6.07, 6.45) is 8.93. The number of carbonyl (C=O) groups is 1. The molecule has 0 N–H and O–H groups in total. The van der Waals surface area contributed by atoms with E-state index in [1.54, 1.807) is 4.90 Å². The van der Waals surface area contributed by atoms with Crippen LogP contribution in [0.2, 0.25) is 0 Å². The molecule has 1 aliphatic carbocycles. The molecule has 1 heterocycles. The van der Waals surface area contributed by atoms with Gasteiger partial charge in [-0.1, -0.05) is 27.4 Å². The Balaban J connectivity index is 1.77. The minimum absolute atomic E-state index is 0.0629. The smallest absolute Gasteiger partial charge is 0.250 e. The summed E-state index contributed by atoms with van der Waals surface area (Å²) in [6, 6.07) is 7.99. The van der Waals surface area contributed by atoms with Crippen LogP contribution in [0.25, 0.3) is 5.69 Å². The number of nitrogens with zero attached hydrogens (tertiary/aromatic N) is 3. The standard InChI is InChI=1S/C21H27N3O/c1-5-20(25)23(13-12-21(2,3)4)18-8-10-19(11-9-18)24-15-17(14-22-24)16-6-7-16/h5,8-11,14-16H,1,6-7,12-13H2,2-4H3. The van der Waals surface area contributed by atoms with Crippen LogP contribution < -0.4 is 4.90 Å². The molecular weight excluding hydrogens is 310 g/mol. The minimum Gasteiger partial charge on any atom is -0.309 e. The highest BCUT2D eigenvalue weighted by Crippen LogP contribution is 2.39. The van der Waals surface area contributed by atoms with Crippen molar-refractivity contribution >= 4 is 11.6 Å². The number of hydrogen-bond donors (Lipinski definition) is 0. The second kappa shape index (κ2) is 6.87. The zero-order chi connectivity index (χ0) is 18.0. The Labute approximate surface area is 150 Å². The van der Waals surface area contributed by atoms with Crippen LogP contribution in [0, 0.1) is 5.41 Å². The molecular formula is C21H27N3O. The van der Waals surface area contributed by atoms with E-state index in [4.69, 9.17) is 0 Å². The number of aromatic nitrogens is 2. The van der Waals surface area contributed by atoms with E-state index in [9.17, 15) is 4.79 Å². The zero-order valence-corrected chi connectivity index (χ0v) is 15.4. The van der Waals surface area contributed by atoms with Crippen molar-refractivity contribution in [2.75, 3.05) is 11.4 Å². The van der Waals surface area contributed by atoms with Gasteiger partial charge in [0.05, 0.1) is 11.9 Å². The fourth-order valence-electron chi connectivity index (χ4n) is 2.81. The second-order valence-corrected chi connectivity index (χ2v) is 8.01. The Kier molecular flexibility index (Phi) is 4.80. The molecule has 0 unspecified atom stereocenters. The van der Waals surface area contributed by atoms with E-state index < -0.39 is 0 Å². The van der Waals surface area contributed by atoms with E-state index in [2.05, 4.69) is 38.6 Å². The second-order valence-electron chi connectivity index (χ2n) is 8.01. The van der Waals surface area contributed by atoms with Crippen molar-refractivity contribution in [2.24, 2.45) is 5.41 Å². The van der Waals surface area contributed by atoms with Crippen LogP contribution in [0.5, 0.6) is 0 Å². The van der Waals surface area contributed by atoms with Gasteiger partial charge in [0.2, 0.25) is 5.91 Å². The molecule has 0 spiro atoms. The third-order valence-corrected chi connectivity index (χ3v) is 4.60. The first kappa shape index (κ1) is 17.5. The molecule has 1 aliphatic rings. The fraction of sp³-hybridized carbons (Fsp3) is 0.429. The van der Waals surface area contributed by atoms with Gasteiger partial charge >= 0.3 is 0 Å². The maximum absolute atomic E-state index is 12.3. The van der Waals surface area contributed by atoms with Gasteiger partial charge in [0, 0.05) is 18.4 Å². The Hall–Kier alpha value is -2.36. The number of hydrogen-bond acceptors (Lipinski definition) is 2. The highest BCUT2D eigenvalue weighted by Gasteiger charge is 2.25. The monoisotopic (exact) mass is 337 g/mol. The highest BCUT2D eigenvalue weighted by atomic mass is 16.2. The van der Waals surface area contributed by atoms with Crippen molar-refractivity contribution in [2.45, 2.75) is 46.0 Å². The summed E-state index contributed by atoms with van der Waals surface area (Å²) >= 11 is 0. The molecule has 0 bridgehead atoms. The maximum atomic E-state index is 12.3. The molecule has 0 saturated heterocycles. The topological polar surface area (TPSA) is 38.1 Å². The van der Waals surface area contributed by atoms with Gasteiger partial charge in [-0.25, -0.2) is 4.68 Å². The van der Waals surface area contributed by atoms with Crippen molar-refractivity contribution in [3.8, 4) is 5.69 Å². The largest absolute Gasteiger partial charge is 0.309 e. The van der Waals surface area contributed by atoms with Crippen LogP contribution in [0.15, 0.2) is 49.3 Å². The van der Waals surface area contributed by atoms with Crippen molar-refractivity contribution in [1.82, 2.24) is 9.78 Å². The normalized spacial score (nSPS) is 14.4. The number of carbonyl (C=O) groups excluding carboxylic acids is 1. The third kappa shape index (κ3) is 4.38. The molecule has 4 heteroatoms. The van der Waals surface area contributed by atoms with Crippen LogP contribution in [0.1, 0.15) is 51.5 Å². The van der Waals surface area contributed by atoms with Gasteiger partial charge in [-0.15, -0.1) is 0 Å². The van der Waals surface area contributed by atoms with Crippen LogP contribution in [0.3, 0.4) is 0 Å². The molecule has 0 aliphatic heterocycles. The maximum Gasteiger partial charge on any atom is 0.250 e. The predicted molar refractivity (Wildman–Crippen MR) is 102 cm³/mol.